The van der Waals surface area contributed by atoms with Gasteiger partial charge in [-0.3, -0.25) is 14.4 Å². The van der Waals surface area contributed by atoms with Crippen molar-refractivity contribution >= 4 is 23.9 Å². The molecule has 0 aromatic rings. The normalized spacial score (nSPS) is 18.1. The van der Waals surface area contributed by atoms with Crippen molar-refractivity contribution in [3.63, 3.8) is 0 Å². The van der Waals surface area contributed by atoms with E-state index in [0.717, 1.165) is 70.6 Å². The van der Waals surface area contributed by atoms with Gasteiger partial charge in [-0.1, -0.05) is 264 Å². The molecule has 12 heteroatoms. The third-order valence-corrected chi connectivity index (χ3v) is 14.8. The summed E-state index contributed by atoms with van der Waals surface area (Å²) in [6.07, 6.45) is 46.0. The van der Waals surface area contributed by atoms with Gasteiger partial charge in [-0.05, 0) is 44.9 Å². The standard InChI is InChI=1S/C63H116O12/c1-4-7-10-13-16-19-22-25-27-28-30-33-36-39-42-45-48-51-57(66)74-61-59(68)58(67)60(62(69)70)75-63(61)72-53-54(73-56(65)50-47-44-41-38-35-31-24-21-18-15-12-9-6-3)52-71-55(64)49-46-43-40-37-34-32-29-26-23-20-17-14-11-8-5-2/h25,27,54,58-61,63,67-68H,4-24,26,28-53H2,1-3H3,(H,69,70)/b27-25-. The van der Waals surface area contributed by atoms with E-state index in [1.807, 2.05) is 0 Å². The largest absolute Gasteiger partial charge is 0.479 e. The van der Waals surface area contributed by atoms with Crippen LogP contribution in [-0.2, 0) is 42.9 Å². The van der Waals surface area contributed by atoms with E-state index in [-0.39, 0.29) is 25.9 Å². The smallest absolute Gasteiger partial charge is 0.335 e. The Morgan fingerprint density at radius 2 is 0.760 bits per heavy atom. The van der Waals surface area contributed by atoms with Crippen LogP contribution in [0.3, 0.4) is 0 Å². The molecule has 0 amide bonds. The van der Waals surface area contributed by atoms with Crippen LogP contribution in [0.25, 0.3) is 0 Å². The van der Waals surface area contributed by atoms with Crippen LogP contribution < -0.4 is 0 Å². The van der Waals surface area contributed by atoms with E-state index in [1.165, 1.54) is 186 Å². The van der Waals surface area contributed by atoms with E-state index in [9.17, 15) is 34.5 Å². The number of esters is 3. The molecule has 1 heterocycles. The SMILES string of the molecule is CCCCCCCC/C=C\CCCCCCCCCC(=O)OC1C(OCC(COC(=O)CCCCCCCCCCCCCCCCC)OC(=O)CCCCCCCCCCCCCCC)OC(C(=O)O)C(O)C1O. The van der Waals surface area contributed by atoms with Gasteiger partial charge in [0.15, 0.2) is 24.6 Å². The first-order valence-electron chi connectivity index (χ1n) is 31.7. The first-order chi connectivity index (χ1) is 36.6. The molecule has 0 bridgehead atoms. The Kier molecular flexibility index (Phi) is 49.0. The summed E-state index contributed by atoms with van der Waals surface area (Å²) in [7, 11) is 0. The number of allylic oxidation sites excluding steroid dienone is 2. The average Bonchev–Trinajstić information content (AvgIpc) is 3.39. The molecule has 440 valence electrons. The van der Waals surface area contributed by atoms with Crippen molar-refractivity contribution in [2.24, 2.45) is 0 Å². The van der Waals surface area contributed by atoms with E-state index < -0.39 is 67.3 Å². The fourth-order valence-electron chi connectivity index (χ4n) is 9.95. The fourth-order valence-corrected chi connectivity index (χ4v) is 9.95. The number of carbonyl (C=O) groups excluding carboxylic acids is 3. The van der Waals surface area contributed by atoms with E-state index in [0.29, 0.717) is 19.3 Å². The third-order valence-electron chi connectivity index (χ3n) is 14.8. The maximum Gasteiger partial charge on any atom is 0.335 e. The van der Waals surface area contributed by atoms with Gasteiger partial charge in [-0.2, -0.15) is 0 Å². The molecule has 75 heavy (non-hydrogen) atoms. The van der Waals surface area contributed by atoms with Gasteiger partial charge in [0.05, 0.1) is 6.61 Å². The maximum atomic E-state index is 13.1. The van der Waals surface area contributed by atoms with Crippen LogP contribution in [0.2, 0.25) is 0 Å². The van der Waals surface area contributed by atoms with Crippen LogP contribution in [0.1, 0.15) is 316 Å². The predicted molar refractivity (Wildman–Crippen MR) is 304 cm³/mol. The zero-order valence-electron chi connectivity index (χ0n) is 48.6. The molecule has 0 aliphatic carbocycles. The quantitative estimate of drug-likeness (QED) is 0.0228. The zero-order chi connectivity index (χ0) is 54.7. The molecule has 0 aromatic heterocycles. The van der Waals surface area contributed by atoms with Gasteiger partial charge in [0, 0.05) is 19.3 Å². The molecule has 1 saturated heterocycles. The summed E-state index contributed by atoms with van der Waals surface area (Å²) < 4.78 is 28.5. The van der Waals surface area contributed by atoms with E-state index >= 15 is 0 Å². The lowest BCUT2D eigenvalue weighted by atomic mass is 9.98. The van der Waals surface area contributed by atoms with Crippen molar-refractivity contribution in [2.45, 2.75) is 353 Å². The van der Waals surface area contributed by atoms with Crippen molar-refractivity contribution in [1.29, 1.82) is 0 Å². The van der Waals surface area contributed by atoms with Crippen molar-refractivity contribution in [2.75, 3.05) is 13.2 Å². The number of aliphatic hydroxyl groups excluding tert-OH is 2. The lowest BCUT2D eigenvalue weighted by Gasteiger charge is -2.40. The van der Waals surface area contributed by atoms with Crippen LogP contribution in [0.15, 0.2) is 12.2 Å². The van der Waals surface area contributed by atoms with Crippen LogP contribution in [0.5, 0.6) is 0 Å². The fraction of sp³-hybridized carbons (Fsp3) is 0.905. The van der Waals surface area contributed by atoms with Crippen molar-refractivity contribution in [3.8, 4) is 0 Å². The monoisotopic (exact) mass is 1060 g/mol. The molecular weight excluding hydrogens is 949 g/mol. The Labute approximate surface area is 458 Å². The predicted octanol–water partition coefficient (Wildman–Crippen LogP) is 16.5. The number of hydrogen-bond donors (Lipinski definition) is 3. The highest BCUT2D eigenvalue weighted by Crippen LogP contribution is 2.27. The summed E-state index contributed by atoms with van der Waals surface area (Å²) in [5.41, 5.74) is 0. The van der Waals surface area contributed by atoms with Gasteiger partial charge in [-0.25, -0.2) is 4.79 Å². The lowest BCUT2D eigenvalue weighted by Crippen LogP contribution is -2.61. The summed E-state index contributed by atoms with van der Waals surface area (Å²) >= 11 is 0. The van der Waals surface area contributed by atoms with Crippen molar-refractivity contribution in [3.05, 3.63) is 12.2 Å². The maximum absolute atomic E-state index is 13.1. The summed E-state index contributed by atoms with van der Waals surface area (Å²) in [5, 5.41) is 31.5. The van der Waals surface area contributed by atoms with Gasteiger partial charge in [0.2, 0.25) is 0 Å². The second-order valence-corrected chi connectivity index (χ2v) is 22.1. The van der Waals surface area contributed by atoms with Gasteiger partial charge >= 0.3 is 23.9 Å². The van der Waals surface area contributed by atoms with E-state index in [2.05, 4.69) is 32.9 Å². The molecule has 6 atom stereocenters. The minimum Gasteiger partial charge on any atom is -0.479 e. The molecular formula is C63H116O12. The van der Waals surface area contributed by atoms with E-state index in [4.69, 9.17) is 23.7 Å². The van der Waals surface area contributed by atoms with E-state index in [1.54, 1.807) is 0 Å². The molecule has 1 rings (SSSR count). The minimum atomic E-state index is -1.90. The number of carbonyl (C=O) groups is 4. The molecule has 6 unspecified atom stereocenters. The highest BCUT2D eigenvalue weighted by Gasteiger charge is 2.50. The molecule has 0 aromatic carbocycles. The second kappa shape index (κ2) is 52.2. The first kappa shape index (κ1) is 70.5. The third kappa shape index (κ3) is 42.1. The Bertz CT molecular complexity index is 1360. The summed E-state index contributed by atoms with van der Waals surface area (Å²) in [5.74, 6) is -3.08. The van der Waals surface area contributed by atoms with Gasteiger partial charge in [-0.15, -0.1) is 0 Å². The van der Waals surface area contributed by atoms with Crippen molar-refractivity contribution < 1.29 is 58.2 Å². The summed E-state index contributed by atoms with van der Waals surface area (Å²) in [4.78, 5) is 51.2. The highest BCUT2D eigenvalue weighted by molar-refractivity contribution is 5.74. The summed E-state index contributed by atoms with van der Waals surface area (Å²) in [6, 6.07) is 0. The number of carboxylic acids is 1. The topological polar surface area (TPSA) is 175 Å². The highest BCUT2D eigenvalue weighted by atomic mass is 16.7. The molecule has 3 N–H and O–H groups in total. The van der Waals surface area contributed by atoms with Crippen LogP contribution in [0.4, 0.5) is 0 Å². The van der Waals surface area contributed by atoms with Gasteiger partial charge in [0.25, 0.3) is 0 Å². The number of unbranched alkanes of at least 4 members (excludes halogenated alkanes) is 39. The molecule has 12 nitrogen and oxygen atoms in total. The number of aliphatic carboxylic acids is 1. The number of ether oxygens (including phenoxy) is 5. The Morgan fingerprint density at radius 3 is 1.13 bits per heavy atom. The van der Waals surface area contributed by atoms with Gasteiger partial charge < -0.3 is 39.0 Å². The molecule has 1 aliphatic heterocycles. The molecule has 1 aliphatic rings. The second-order valence-electron chi connectivity index (χ2n) is 22.1. The first-order valence-corrected chi connectivity index (χ1v) is 31.7. The van der Waals surface area contributed by atoms with Crippen LogP contribution in [-0.4, -0.2) is 89.2 Å². The van der Waals surface area contributed by atoms with Crippen molar-refractivity contribution in [1.82, 2.24) is 0 Å². The summed E-state index contributed by atoms with van der Waals surface area (Å²) in [6.45, 7) is 6.04. The minimum absolute atomic E-state index is 0.0620. The molecule has 0 radical (unpaired) electrons. The number of hydrogen-bond acceptors (Lipinski definition) is 11. The number of aliphatic hydroxyl groups is 2. The Hall–Kier alpha value is -2.54. The average molecular weight is 1070 g/mol. The number of carboxylic acid groups (broad SMARTS) is 1. The Balaban J connectivity index is 2.64. The molecule has 0 saturated carbocycles. The van der Waals surface area contributed by atoms with Gasteiger partial charge in [0.1, 0.15) is 18.8 Å². The van der Waals surface area contributed by atoms with Crippen LogP contribution >= 0.6 is 0 Å². The number of rotatable bonds is 55. The zero-order valence-corrected chi connectivity index (χ0v) is 48.6. The molecule has 1 fully saturated rings. The molecule has 0 spiro atoms. The Morgan fingerprint density at radius 1 is 0.427 bits per heavy atom. The van der Waals surface area contributed by atoms with Crippen LogP contribution in [0, 0.1) is 0 Å². The lowest BCUT2D eigenvalue weighted by molar-refractivity contribution is -0.301.